The number of alkyl halides is 3. The lowest BCUT2D eigenvalue weighted by Crippen LogP contribution is -2.29. The van der Waals surface area contributed by atoms with Crippen molar-refractivity contribution in [3.63, 3.8) is 0 Å². The molecule has 0 aromatic carbocycles. The first kappa shape index (κ1) is 14.7. The Bertz CT molecular complexity index is 503. The van der Waals surface area contributed by atoms with Crippen molar-refractivity contribution in [2.75, 3.05) is 12.0 Å². The Hall–Kier alpha value is -1.39. The van der Waals surface area contributed by atoms with Gasteiger partial charge in [-0.3, -0.25) is 10.8 Å². The smallest absolute Gasteiger partial charge is 0.323 e. The third-order valence-electron chi connectivity index (χ3n) is 1.93. The zero-order valence-corrected chi connectivity index (χ0v) is 9.85. The van der Waals surface area contributed by atoms with Crippen molar-refractivity contribution in [1.82, 2.24) is 9.71 Å². The highest BCUT2D eigenvalue weighted by atomic mass is 32.2. The Labute approximate surface area is 101 Å². The molecule has 0 fully saturated rings. The molecule has 0 aliphatic carbocycles. The molecule has 0 saturated carbocycles. The van der Waals surface area contributed by atoms with E-state index in [2.05, 4.69) is 10.4 Å². The molecule has 1 aromatic heterocycles. The van der Waals surface area contributed by atoms with Gasteiger partial charge in [0.1, 0.15) is 4.90 Å². The Morgan fingerprint density at radius 2 is 2.06 bits per heavy atom. The van der Waals surface area contributed by atoms with Crippen LogP contribution in [0.25, 0.3) is 0 Å². The normalized spacial score (nSPS) is 12.4. The van der Waals surface area contributed by atoms with E-state index < -0.39 is 29.2 Å². The summed E-state index contributed by atoms with van der Waals surface area (Å²) in [5, 5.41) is 0. The average molecular weight is 284 g/mol. The quantitative estimate of drug-likeness (QED) is 0.543. The van der Waals surface area contributed by atoms with Gasteiger partial charge in [0, 0.05) is 18.9 Å². The summed E-state index contributed by atoms with van der Waals surface area (Å²) in [6.45, 7) is -0.745. The number of nitrogens with two attached hydrogens (primary N) is 1. The van der Waals surface area contributed by atoms with Crippen LogP contribution in [0.1, 0.15) is 6.42 Å². The molecule has 6 nitrogen and oxygen atoms in total. The third-order valence-corrected chi connectivity index (χ3v) is 3.42. The van der Waals surface area contributed by atoms with E-state index in [4.69, 9.17) is 5.84 Å². The lowest BCUT2D eigenvalue weighted by molar-refractivity contribution is -0.132. The van der Waals surface area contributed by atoms with Crippen molar-refractivity contribution in [3.05, 3.63) is 18.5 Å². The van der Waals surface area contributed by atoms with E-state index in [1.807, 2.05) is 4.72 Å². The number of halogens is 3. The van der Waals surface area contributed by atoms with Gasteiger partial charge in [0.05, 0.1) is 12.1 Å². The first-order chi connectivity index (χ1) is 8.26. The van der Waals surface area contributed by atoms with Crippen LogP contribution in [0.2, 0.25) is 0 Å². The zero-order chi connectivity index (χ0) is 13.8. The predicted octanol–water partition coefficient (Wildman–Crippen LogP) is 0.598. The Morgan fingerprint density at radius 1 is 1.39 bits per heavy atom. The maximum atomic E-state index is 11.9. The average Bonchev–Trinajstić information content (AvgIpc) is 2.27. The van der Waals surface area contributed by atoms with E-state index >= 15 is 0 Å². The minimum Gasteiger partial charge on any atom is -0.323 e. The summed E-state index contributed by atoms with van der Waals surface area (Å²) in [6, 6.07) is 1.29. The number of hydrazine groups is 1. The number of nitrogen functional groups attached to an aromatic ring is 1. The summed E-state index contributed by atoms with van der Waals surface area (Å²) in [5.41, 5.74) is 2.17. The zero-order valence-electron chi connectivity index (χ0n) is 9.03. The number of aromatic nitrogens is 1. The molecule has 0 unspecified atom stereocenters. The van der Waals surface area contributed by atoms with Gasteiger partial charge in [-0.1, -0.05) is 0 Å². The first-order valence-corrected chi connectivity index (χ1v) is 6.21. The molecule has 0 aliphatic rings. The molecular formula is C8H11F3N4O2S. The molecule has 0 saturated heterocycles. The fourth-order valence-electron chi connectivity index (χ4n) is 1.12. The fourth-order valence-corrected chi connectivity index (χ4v) is 2.26. The van der Waals surface area contributed by atoms with Crippen LogP contribution in [0.3, 0.4) is 0 Å². The third kappa shape index (κ3) is 4.13. The lowest BCUT2D eigenvalue weighted by Gasteiger charge is -2.11. The van der Waals surface area contributed by atoms with E-state index in [0.29, 0.717) is 0 Å². The van der Waals surface area contributed by atoms with Gasteiger partial charge < -0.3 is 5.43 Å². The molecule has 0 bridgehead atoms. The van der Waals surface area contributed by atoms with Crippen LogP contribution >= 0.6 is 0 Å². The largest absolute Gasteiger partial charge is 0.390 e. The minimum atomic E-state index is -4.42. The lowest BCUT2D eigenvalue weighted by atomic mass is 10.4. The summed E-state index contributed by atoms with van der Waals surface area (Å²) < 4.78 is 60.9. The summed E-state index contributed by atoms with van der Waals surface area (Å²) in [5.74, 6) is 5.10. The van der Waals surface area contributed by atoms with Gasteiger partial charge in [-0.05, 0) is 6.07 Å². The van der Waals surface area contributed by atoms with Crippen LogP contribution in [-0.4, -0.2) is 26.1 Å². The standard InChI is InChI=1S/C8H11F3N4O2S/c9-8(10,11)2-4-14-18(16,17)7-5-13-3-1-6(7)15-12/h1,3,5,14H,2,4,12H2,(H,13,15). The second-order valence-corrected chi connectivity index (χ2v) is 5.01. The van der Waals surface area contributed by atoms with Gasteiger partial charge in [0.25, 0.3) is 0 Å². The van der Waals surface area contributed by atoms with Gasteiger partial charge in [-0.2, -0.15) is 13.2 Å². The number of hydrogen-bond donors (Lipinski definition) is 3. The second-order valence-electron chi connectivity index (χ2n) is 3.28. The number of nitrogens with zero attached hydrogens (tertiary/aromatic N) is 1. The highest BCUT2D eigenvalue weighted by Crippen LogP contribution is 2.20. The number of hydrogen-bond acceptors (Lipinski definition) is 5. The van der Waals surface area contributed by atoms with E-state index in [-0.39, 0.29) is 10.6 Å². The van der Waals surface area contributed by atoms with Crippen LogP contribution in [0.5, 0.6) is 0 Å². The number of rotatable bonds is 5. The maximum Gasteiger partial charge on any atom is 0.390 e. The SMILES string of the molecule is NNc1ccncc1S(=O)(=O)NCCC(F)(F)F. The summed E-state index contributed by atoms with van der Waals surface area (Å²) >= 11 is 0. The van der Waals surface area contributed by atoms with Gasteiger partial charge in [-0.25, -0.2) is 13.1 Å². The van der Waals surface area contributed by atoms with Gasteiger partial charge in [0.15, 0.2) is 0 Å². The number of pyridine rings is 1. The van der Waals surface area contributed by atoms with Crippen molar-refractivity contribution in [2.45, 2.75) is 17.5 Å². The van der Waals surface area contributed by atoms with Crippen LogP contribution < -0.4 is 16.0 Å². The molecule has 10 heteroatoms. The summed E-state index contributed by atoms with van der Waals surface area (Å²) in [7, 11) is -4.08. The predicted molar refractivity (Wildman–Crippen MR) is 57.9 cm³/mol. The Morgan fingerprint density at radius 3 is 2.61 bits per heavy atom. The Kier molecular flexibility index (Phi) is 4.48. The molecule has 4 N–H and O–H groups in total. The highest BCUT2D eigenvalue weighted by Gasteiger charge is 2.28. The molecule has 1 heterocycles. The van der Waals surface area contributed by atoms with Gasteiger partial charge >= 0.3 is 6.18 Å². The highest BCUT2D eigenvalue weighted by molar-refractivity contribution is 7.89. The molecule has 102 valence electrons. The van der Waals surface area contributed by atoms with Gasteiger partial charge in [-0.15, -0.1) is 0 Å². The molecule has 0 radical (unpaired) electrons. The first-order valence-electron chi connectivity index (χ1n) is 4.73. The second kappa shape index (κ2) is 5.50. The topological polar surface area (TPSA) is 97.1 Å². The molecular weight excluding hydrogens is 273 g/mol. The van der Waals surface area contributed by atoms with Crippen LogP contribution in [0, 0.1) is 0 Å². The molecule has 0 atom stereocenters. The van der Waals surface area contributed by atoms with Crippen molar-refractivity contribution < 1.29 is 21.6 Å². The van der Waals surface area contributed by atoms with Crippen molar-refractivity contribution in [2.24, 2.45) is 5.84 Å². The molecule has 0 aliphatic heterocycles. The van der Waals surface area contributed by atoms with Crippen molar-refractivity contribution in [1.29, 1.82) is 0 Å². The van der Waals surface area contributed by atoms with Crippen LogP contribution in [0.15, 0.2) is 23.4 Å². The van der Waals surface area contributed by atoms with E-state index in [0.717, 1.165) is 6.20 Å². The van der Waals surface area contributed by atoms with E-state index in [9.17, 15) is 21.6 Å². The van der Waals surface area contributed by atoms with Crippen molar-refractivity contribution >= 4 is 15.7 Å². The molecule has 1 rings (SSSR count). The van der Waals surface area contributed by atoms with Crippen LogP contribution in [0.4, 0.5) is 18.9 Å². The maximum absolute atomic E-state index is 11.9. The number of sulfonamides is 1. The van der Waals surface area contributed by atoms with Crippen molar-refractivity contribution in [3.8, 4) is 0 Å². The molecule has 0 spiro atoms. The fraction of sp³-hybridized carbons (Fsp3) is 0.375. The molecule has 0 amide bonds. The molecule has 1 aromatic rings. The minimum absolute atomic E-state index is 0.0458. The van der Waals surface area contributed by atoms with Crippen LogP contribution in [-0.2, 0) is 10.0 Å². The summed E-state index contributed by atoms with van der Waals surface area (Å²) in [6.07, 6.45) is -3.39. The van der Waals surface area contributed by atoms with E-state index in [1.165, 1.54) is 12.3 Å². The van der Waals surface area contributed by atoms with Gasteiger partial charge in [0.2, 0.25) is 10.0 Å². The summed E-state index contributed by atoms with van der Waals surface area (Å²) in [4.78, 5) is 3.27. The number of nitrogens with one attached hydrogen (secondary N) is 2. The monoisotopic (exact) mass is 284 g/mol. The molecule has 18 heavy (non-hydrogen) atoms. The van der Waals surface area contributed by atoms with E-state index in [1.54, 1.807) is 0 Å². The number of anilines is 1. The Balaban J connectivity index is 2.81.